The zero-order valence-electron chi connectivity index (χ0n) is 19.2. The van der Waals surface area contributed by atoms with Crippen LogP contribution < -0.4 is 5.32 Å². The smallest absolute Gasteiger partial charge is 0.224 e. The lowest BCUT2D eigenvalue weighted by Crippen LogP contribution is -2.10. The van der Waals surface area contributed by atoms with Crippen LogP contribution in [0.5, 0.6) is 0 Å². The molecule has 0 spiro atoms. The van der Waals surface area contributed by atoms with Crippen molar-refractivity contribution in [3.8, 4) is 11.1 Å². The number of hydrogen-bond acceptors (Lipinski definition) is 3. The molecule has 0 atom stereocenters. The van der Waals surface area contributed by atoms with E-state index in [2.05, 4.69) is 32.4 Å². The summed E-state index contributed by atoms with van der Waals surface area (Å²) < 4.78 is 0. The van der Waals surface area contributed by atoms with E-state index in [1.807, 2.05) is 85.8 Å². The molecule has 0 saturated carbocycles. The van der Waals surface area contributed by atoms with E-state index in [4.69, 9.17) is 4.98 Å². The van der Waals surface area contributed by atoms with Crippen molar-refractivity contribution >= 4 is 58.0 Å². The predicted octanol–water partition coefficient (Wildman–Crippen LogP) is 6.67. The number of hydrogen-bond donors (Lipinski definition) is 3. The number of rotatable bonds is 3. The van der Waals surface area contributed by atoms with E-state index in [0.29, 0.717) is 6.42 Å². The first-order valence-electron chi connectivity index (χ1n) is 11.6. The van der Waals surface area contributed by atoms with Gasteiger partial charge in [0.1, 0.15) is 0 Å². The Morgan fingerprint density at radius 2 is 1.37 bits per heavy atom. The second kappa shape index (κ2) is 8.57. The molecule has 3 N–H and O–H groups in total. The van der Waals surface area contributed by atoms with E-state index in [9.17, 15) is 4.79 Å². The summed E-state index contributed by atoms with van der Waals surface area (Å²) in [6, 6.07) is 22.2. The highest BCUT2D eigenvalue weighted by Crippen LogP contribution is 2.33. The van der Waals surface area contributed by atoms with Gasteiger partial charge in [-0.3, -0.25) is 4.79 Å². The molecule has 4 aromatic rings. The molecule has 2 aliphatic rings. The third-order valence-corrected chi connectivity index (χ3v) is 5.98. The number of benzene rings is 1. The summed E-state index contributed by atoms with van der Waals surface area (Å²) in [6.07, 6.45) is 8.40. The van der Waals surface area contributed by atoms with Crippen molar-refractivity contribution in [1.82, 2.24) is 19.9 Å². The third-order valence-electron chi connectivity index (χ3n) is 5.98. The van der Waals surface area contributed by atoms with Crippen molar-refractivity contribution in [3.05, 3.63) is 89.5 Å². The number of H-pyrrole nitrogens is 2. The van der Waals surface area contributed by atoms with Gasteiger partial charge in [-0.1, -0.05) is 25.1 Å². The van der Waals surface area contributed by atoms with Gasteiger partial charge in [0.25, 0.3) is 0 Å². The van der Waals surface area contributed by atoms with Gasteiger partial charge in [0.15, 0.2) is 0 Å². The Balaban J connectivity index is 1.63. The van der Waals surface area contributed by atoms with Gasteiger partial charge >= 0.3 is 0 Å². The maximum absolute atomic E-state index is 12.2. The zero-order valence-corrected chi connectivity index (χ0v) is 19.2. The van der Waals surface area contributed by atoms with Gasteiger partial charge in [-0.05, 0) is 72.8 Å². The molecule has 2 aliphatic heterocycles. The van der Waals surface area contributed by atoms with Crippen molar-refractivity contribution in [2.24, 2.45) is 0 Å². The van der Waals surface area contributed by atoms with Gasteiger partial charge in [-0.25, -0.2) is 9.97 Å². The number of nitrogens with one attached hydrogen (secondary N) is 3. The Labute approximate surface area is 202 Å². The molecular weight excluding hydrogens is 434 g/mol. The number of amides is 1. The van der Waals surface area contributed by atoms with Crippen LogP contribution in [0.4, 0.5) is 5.69 Å². The van der Waals surface area contributed by atoms with Gasteiger partial charge in [-0.2, -0.15) is 0 Å². The van der Waals surface area contributed by atoms with Crippen molar-refractivity contribution in [1.29, 1.82) is 0 Å². The van der Waals surface area contributed by atoms with Crippen LogP contribution in [0.1, 0.15) is 36.1 Å². The molecule has 1 aromatic carbocycles. The highest BCUT2D eigenvalue weighted by atomic mass is 16.1. The van der Waals surface area contributed by atoms with Crippen LogP contribution in [0.15, 0.2) is 66.7 Å². The molecule has 0 fully saturated rings. The van der Waals surface area contributed by atoms with Gasteiger partial charge in [0, 0.05) is 45.3 Å². The molecule has 0 saturated heterocycles. The molecule has 0 radical (unpaired) electrons. The fraction of sp³-hybridized carbons (Fsp3) is 0.0690. The molecule has 170 valence electrons. The molecule has 1 amide bonds. The first kappa shape index (κ1) is 20.9. The second-order valence-corrected chi connectivity index (χ2v) is 8.54. The maximum Gasteiger partial charge on any atom is 0.224 e. The molecule has 0 aliphatic carbocycles. The lowest BCUT2D eigenvalue weighted by atomic mass is 10.0. The second-order valence-electron chi connectivity index (χ2n) is 8.54. The molecule has 5 heterocycles. The Bertz CT molecular complexity index is 1690. The monoisotopic (exact) mass is 457 g/mol. The van der Waals surface area contributed by atoms with Crippen LogP contribution in [0.3, 0.4) is 0 Å². The van der Waals surface area contributed by atoms with Crippen LogP contribution >= 0.6 is 0 Å². The van der Waals surface area contributed by atoms with E-state index in [1.165, 1.54) is 0 Å². The molecule has 35 heavy (non-hydrogen) atoms. The third kappa shape index (κ3) is 4.29. The van der Waals surface area contributed by atoms with Crippen molar-refractivity contribution < 1.29 is 4.79 Å². The highest BCUT2D eigenvalue weighted by Gasteiger charge is 2.12. The van der Waals surface area contributed by atoms with Crippen LogP contribution in [0.2, 0.25) is 0 Å². The molecule has 0 unspecified atom stereocenters. The quantitative estimate of drug-likeness (QED) is 0.277. The summed E-state index contributed by atoms with van der Waals surface area (Å²) >= 11 is 0. The van der Waals surface area contributed by atoms with Crippen LogP contribution in [0, 0.1) is 0 Å². The number of aromatic nitrogens is 4. The number of nitrogens with zero attached hydrogens (tertiary/aromatic N) is 2. The highest BCUT2D eigenvalue weighted by molar-refractivity contribution is 5.99. The summed E-state index contributed by atoms with van der Waals surface area (Å²) in [5.74, 6) is -0.0204. The van der Waals surface area contributed by atoms with Gasteiger partial charge < -0.3 is 15.3 Å². The lowest BCUT2D eigenvalue weighted by Gasteiger charge is -2.09. The fourth-order valence-electron chi connectivity index (χ4n) is 4.31. The summed E-state index contributed by atoms with van der Waals surface area (Å²) in [5, 5.41) is 3.03. The number of anilines is 1. The number of para-hydroxylation sites is 1. The number of carbonyl (C=O) groups excluding carboxylic acids is 1. The van der Waals surface area contributed by atoms with Crippen molar-refractivity contribution in [3.63, 3.8) is 0 Å². The van der Waals surface area contributed by atoms with Crippen molar-refractivity contribution in [2.45, 2.75) is 13.3 Å². The van der Waals surface area contributed by atoms with Crippen LogP contribution in [-0.2, 0) is 4.79 Å². The normalized spacial score (nSPS) is 12.1. The largest absolute Gasteiger partial charge is 0.355 e. The minimum Gasteiger partial charge on any atom is -0.355 e. The number of fused-ring (bicyclic) bond motifs is 8. The molecule has 6 heteroatoms. The summed E-state index contributed by atoms with van der Waals surface area (Å²) in [6.45, 7) is 1.85. The minimum absolute atomic E-state index is 0.0204. The molecular formula is C29H23N5O. The summed E-state index contributed by atoms with van der Waals surface area (Å²) in [5.41, 5.74) is 9.98. The minimum atomic E-state index is -0.0204. The average Bonchev–Trinajstić information content (AvgIpc) is 3.65. The average molecular weight is 458 g/mol. The standard InChI is InChI=1S/C29H23N5O/c1-2-29(35)34-27-6-4-3-5-25(27)26-16-24-15-22-10-9-20(31-22)13-18-7-8-19(30-18)14-21-11-12-23(32-21)17-28(26)33-24/h3-17,31,33H,2H2,1H3,(H,34,35). The molecule has 3 aromatic heterocycles. The lowest BCUT2D eigenvalue weighted by molar-refractivity contribution is -0.115. The molecule has 8 bridgehead atoms. The van der Waals surface area contributed by atoms with Gasteiger partial charge in [0.2, 0.25) is 5.91 Å². The first-order chi connectivity index (χ1) is 17.1. The predicted molar refractivity (Wildman–Crippen MR) is 143 cm³/mol. The Hall–Kier alpha value is -4.71. The summed E-state index contributed by atoms with van der Waals surface area (Å²) in [7, 11) is 0. The van der Waals surface area contributed by atoms with Crippen LogP contribution in [-0.4, -0.2) is 25.8 Å². The Morgan fingerprint density at radius 1 is 0.714 bits per heavy atom. The SMILES string of the molecule is CCC(=O)Nc1ccccc1-c1cc2cc3ccc(cc4nc(cc5nc(cc1[nH]2)C=C5)C=C4)[nH]3. The van der Waals surface area contributed by atoms with E-state index >= 15 is 0 Å². The fourth-order valence-corrected chi connectivity index (χ4v) is 4.31. The van der Waals surface area contributed by atoms with E-state index in [1.54, 1.807) is 0 Å². The number of aromatic amines is 2. The topological polar surface area (TPSA) is 86.5 Å². The first-order valence-corrected chi connectivity index (χ1v) is 11.6. The number of carbonyl (C=O) groups is 1. The zero-order chi connectivity index (χ0) is 23.8. The van der Waals surface area contributed by atoms with Gasteiger partial charge in [0.05, 0.1) is 22.8 Å². The summed E-state index contributed by atoms with van der Waals surface area (Å²) in [4.78, 5) is 28.6. The van der Waals surface area contributed by atoms with Crippen LogP contribution in [0.25, 0.3) is 57.5 Å². The Morgan fingerprint density at radius 3 is 2.11 bits per heavy atom. The van der Waals surface area contributed by atoms with Crippen molar-refractivity contribution in [2.75, 3.05) is 5.32 Å². The van der Waals surface area contributed by atoms with Gasteiger partial charge in [-0.15, -0.1) is 0 Å². The van der Waals surface area contributed by atoms with E-state index in [0.717, 1.165) is 61.7 Å². The Kier molecular flexibility index (Phi) is 5.11. The molecule has 6 rings (SSSR count). The maximum atomic E-state index is 12.2. The molecule has 6 nitrogen and oxygen atoms in total. The van der Waals surface area contributed by atoms with E-state index in [-0.39, 0.29) is 5.91 Å². The van der Waals surface area contributed by atoms with E-state index < -0.39 is 0 Å².